The molecule has 412 valence electrons. The van der Waals surface area contributed by atoms with Crippen LogP contribution in [-0.2, 0) is 14.3 Å². The third-order valence-electron chi connectivity index (χ3n) is 11.7. The van der Waals surface area contributed by atoms with E-state index in [1.54, 1.807) is 6.08 Å². The number of ether oxygens (including phenoxy) is 2. The summed E-state index contributed by atoms with van der Waals surface area (Å²) < 4.78 is 11.2. The smallest absolute Gasteiger partial charge is 0.220 e. The molecule has 0 aromatic carbocycles. The van der Waals surface area contributed by atoms with E-state index >= 15 is 0 Å². The van der Waals surface area contributed by atoms with E-state index < -0.39 is 49.5 Å². The van der Waals surface area contributed by atoms with Crippen LogP contribution in [0.3, 0.4) is 0 Å². The normalized spacial score (nSPS) is 20.4. The Morgan fingerprint density at radius 3 is 1.24 bits per heavy atom. The maximum Gasteiger partial charge on any atom is 0.220 e. The van der Waals surface area contributed by atoms with Crippen molar-refractivity contribution in [1.82, 2.24) is 5.32 Å². The minimum Gasteiger partial charge on any atom is -0.394 e. The van der Waals surface area contributed by atoms with Gasteiger partial charge in [-0.1, -0.05) is 209 Å². The van der Waals surface area contributed by atoms with Crippen molar-refractivity contribution >= 4 is 5.91 Å². The lowest BCUT2D eigenvalue weighted by Gasteiger charge is -2.40. The molecular formula is C65H99NO8. The lowest BCUT2D eigenvalue weighted by molar-refractivity contribution is -0.302. The Labute approximate surface area is 449 Å². The average Bonchev–Trinajstić information content (AvgIpc) is 3.40. The Kier molecular flexibility index (Phi) is 47.1. The summed E-state index contributed by atoms with van der Waals surface area (Å²) in [4.78, 5) is 13.0. The van der Waals surface area contributed by atoms with Crippen LogP contribution in [0.4, 0.5) is 0 Å². The average molecular weight is 1020 g/mol. The van der Waals surface area contributed by atoms with Crippen LogP contribution < -0.4 is 5.32 Å². The van der Waals surface area contributed by atoms with Gasteiger partial charge in [0.2, 0.25) is 5.91 Å². The fourth-order valence-electron chi connectivity index (χ4n) is 7.27. The number of hydrogen-bond donors (Lipinski definition) is 6. The van der Waals surface area contributed by atoms with Gasteiger partial charge in [-0.2, -0.15) is 0 Å². The molecule has 0 bridgehead atoms. The van der Waals surface area contributed by atoms with Crippen LogP contribution in [0.2, 0.25) is 0 Å². The van der Waals surface area contributed by atoms with Gasteiger partial charge in [0.25, 0.3) is 0 Å². The molecule has 7 atom stereocenters. The number of hydrogen-bond acceptors (Lipinski definition) is 8. The largest absolute Gasteiger partial charge is 0.394 e. The van der Waals surface area contributed by atoms with Crippen LogP contribution in [0.5, 0.6) is 0 Å². The lowest BCUT2D eigenvalue weighted by atomic mass is 9.99. The Morgan fingerprint density at radius 1 is 0.473 bits per heavy atom. The van der Waals surface area contributed by atoms with Crippen LogP contribution in [0, 0.1) is 0 Å². The van der Waals surface area contributed by atoms with E-state index in [1.807, 2.05) is 6.08 Å². The van der Waals surface area contributed by atoms with Crippen LogP contribution >= 0.6 is 0 Å². The van der Waals surface area contributed by atoms with Crippen molar-refractivity contribution in [2.75, 3.05) is 13.2 Å². The van der Waals surface area contributed by atoms with Crippen molar-refractivity contribution in [3.63, 3.8) is 0 Å². The molecule has 7 unspecified atom stereocenters. The summed E-state index contributed by atoms with van der Waals surface area (Å²) in [7, 11) is 0. The molecule has 9 nitrogen and oxygen atoms in total. The predicted molar refractivity (Wildman–Crippen MR) is 312 cm³/mol. The number of carbonyl (C=O) groups excluding carboxylic acids is 1. The van der Waals surface area contributed by atoms with Crippen LogP contribution in [-0.4, -0.2) is 87.5 Å². The molecule has 1 rings (SSSR count). The van der Waals surface area contributed by atoms with Gasteiger partial charge >= 0.3 is 0 Å². The Morgan fingerprint density at radius 2 is 0.838 bits per heavy atom. The lowest BCUT2D eigenvalue weighted by Crippen LogP contribution is -2.60. The molecule has 6 N–H and O–H groups in total. The first kappa shape index (κ1) is 67.3. The summed E-state index contributed by atoms with van der Waals surface area (Å²) in [6.07, 6.45) is 78.2. The topological polar surface area (TPSA) is 149 Å². The first-order valence-corrected chi connectivity index (χ1v) is 28.0. The van der Waals surface area contributed by atoms with Gasteiger partial charge in [0, 0.05) is 6.42 Å². The van der Waals surface area contributed by atoms with Crippen molar-refractivity contribution in [2.45, 2.75) is 204 Å². The van der Waals surface area contributed by atoms with E-state index in [9.17, 15) is 30.3 Å². The third kappa shape index (κ3) is 40.6. The zero-order chi connectivity index (χ0) is 53.6. The Bertz CT molecular complexity index is 1800. The number of amides is 1. The molecule has 0 saturated carbocycles. The molecule has 0 radical (unpaired) electrons. The highest BCUT2D eigenvalue weighted by atomic mass is 16.7. The number of nitrogens with one attached hydrogen (secondary N) is 1. The second-order valence-electron chi connectivity index (χ2n) is 18.3. The SMILES string of the molecule is CC/C=C\C/C=C\C/C=C\C/C=C\C/C=C\C/C=C\C/C=C\C/C=C\C/C=C\C/C=C\C/C=C\C/C=C\CCCCC(=O)NC(COC1OC(CO)C(O)C(O)C1O)C(O)/C=C/CC/C=C/CC/C=C/CCCC. The zero-order valence-electron chi connectivity index (χ0n) is 45.5. The molecule has 9 heteroatoms. The molecule has 1 heterocycles. The van der Waals surface area contributed by atoms with E-state index in [-0.39, 0.29) is 18.9 Å². The summed E-state index contributed by atoms with van der Waals surface area (Å²) >= 11 is 0. The van der Waals surface area contributed by atoms with E-state index in [0.29, 0.717) is 12.8 Å². The summed E-state index contributed by atoms with van der Waals surface area (Å²) in [6, 6.07) is -0.865. The molecule has 1 amide bonds. The molecule has 1 aliphatic rings. The number of aliphatic hydroxyl groups excluding tert-OH is 5. The van der Waals surface area contributed by atoms with Gasteiger partial charge in [-0.3, -0.25) is 4.79 Å². The maximum absolute atomic E-state index is 13.0. The maximum atomic E-state index is 13.0. The zero-order valence-corrected chi connectivity index (χ0v) is 45.5. The quantitative estimate of drug-likeness (QED) is 0.0261. The summed E-state index contributed by atoms with van der Waals surface area (Å²) in [5.41, 5.74) is 0. The van der Waals surface area contributed by atoms with Crippen molar-refractivity contribution in [3.8, 4) is 0 Å². The van der Waals surface area contributed by atoms with E-state index in [0.717, 1.165) is 116 Å². The summed E-state index contributed by atoms with van der Waals surface area (Å²) in [6.45, 7) is 3.53. The van der Waals surface area contributed by atoms with Gasteiger partial charge < -0.3 is 40.3 Å². The van der Waals surface area contributed by atoms with Crippen molar-refractivity contribution in [1.29, 1.82) is 0 Å². The summed E-state index contributed by atoms with van der Waals surface area (Å²) in [5, 5.41) is 54.2. The second-order valence-corrected chi connectivity index (χ2v) is 18.3. The first-order chi connectivity index (χ1) is 36.3. The monoisotopic (exact) mass is 1020 g/mol. The molecular weight excluding hydrogens is 923 g/mol. The molecule has 0 aliphatic carbocycles. The van der Waals surface area contributed by atoms with E-state index in [1.165, 1.54) is 12.8 Å². The van der Waals surface area contributed by atoms with Crippen molar-refractivity contribution < 1.29 is 39.8 Å². The molecule has 1 aliphatic heterocycles. The van der Waals surface area contributed by atoms with Crippen molar-refractivity contribution in [3.05, 3.63) is 182 Å². The predicted octanol–water partition coefficient (Wildman–Crippen LogP) is 14.0. The van der Waals surface area contributed by atoms with Crippen molar-refractivity contribution in [2.24, 2.45) is 0 Å². The fraction of sp³-hybridized carbons (Fsp3) is 0.523. The molecule has 0 spiro atoms. The highest BCUT2D eigenvalue weighted by Gasteiger charge is 2.44. The molecule has 1 saturated heterocycles. The van der Waals surface area contributed by atoms with E-state index in [2.05, 4.69) is 189 Å². The number of carbonyl (C=O) groups is 1. The summed E-state index contributed by atoms with van der Waals surface area (Å²) in [5.74, 6) is -0.244. The molecule has 0 aromatic rings. The number of rotatable bonds is 44. The highest BCUT2D eigenvalue weighted by molar-refractivity contribution is 5.76. The molecule has 1 fully saturated rings. The van der Waals surface area contributed by atoms with Crippen LogP contribution in [0.1, 0.15) is 162 Å². The highest BCUT2D eigenvalue weighted by Crippen LogP contribution is 2.22. The van der Waals surface area contributed by atoms with Gasteiger partial charge in [0.15, 0.2) is 6.29 Å². The number of allylic oxidation sites excluding steroid dienone is 29. The second kappa shape index (κ2) is 51.8. The first-order valence-electron chi connectivity index (χ1n) is 28.0. The van der Waals surface area contributed by atoms with Gasteiger partial charge in [-0.05, 0) is 128 Å². The van der Waals surface area contributed by atoms with Gasteiger partial charge in [-0.15, -0.1) is 0 Å². The Hall–Kier alpha value is -4.71. The number of aliphatic hydroxyl groups is 5. The van der Waals surface area contributed by atoms with Gasteiger partial charge in [0.1, 0.15) is 24.4 Å². The minimum atomic E-state index is -1.59. The number of unbranched alkanes of at least 4 members (excludes halogenated alkanes) is 6. The third-order valence-corrected chi connectivity index (χ3v) is 11.7. The van der Waals surface area contributed by atoms with Gasteiger partial charge in [-0.25, -0.2) is 0 Å². The Balaban J connectivity index is 2.24. The standard InChI is InChI=1S/C65H99NO8/c1-3-5-7-9-11-13-15-17-18-19-20-21-22-23-24-25-26-27-28-29-30-31-32-33-34-35-36-37-38-39-40-41-42-43-45-47-49-51-53-55-61(69)66-58(57-73-65-64(72)63(71)62(70)60(56-67)74-65)59(68)54-52-50-48-46-44-16-14-12-10-8-6-4-2/h5,7,10-13,17-18,20-21,23-24,26-27,29-30,32-33,35-36,38-39,41-42,44-47,52,54,58-60,62-65,67-68,70-72H,3-4,6,8-9,14-16,19,22,25,28,31,34,37,40,43,48-51,53,55-57H2,1-2H3,(H,66,69)/b7-5-,12-10+,13-11-,18-17-,21-20-,24-23-,27-26-,30-29-,33-32-,36-35-,39-38-,42-41-,46-44+,47-45-,54-52+. The fourth-order valence-corrected chi connectivity index (χ4v) is 7.27. The van der Waals surface area contributed by atoms with E-state index in [4.69, 9.17) is 9.47 Å². The van der Waals surface area contributed by atoms with Crippen LogP contribution in [0.15, 0.2) is 182 Å². The minimum absolute atomic E-state index is 0.237. The van der Waals surface area contributed by atoms with Crippen LogP contribution in [0.25, 0.3) is 0 Å². The molecule has 0 aromatic heterocycles. The molecule has 74 heavy (non-hydrogen) atoms. The van der Waals surface area contributed by atoms with Gasteiger partial charge in [0.05, 0.1) is 25.4 Å².